The van der Waals surface area contributed by atoms with E-state index >= 15 is 0 Å². The molecule has 1 saturated heterocycles. The van der Waals surface area contributed by atoms with E-state index in [-0.39, 0.29) is 5.91 Å². The summed E-state index contributed by atoms with van der Waals surface area (Å²) in [5, 5.41) is 7.21. The van der Waals surface area contributed by atoms with Gasteiger partial charge in [-0.2, -0.15) is 11.3 Å². The monoisotopic (exact) mass is 329 g/mol. The zero-order valence-electron chi connectivity index (χ0n) is 11.9. The molecule has 1 N–H and O–H groups in total. The largest absolute Gasteiger partial charge is 0.357 e. The fourth-order valence-corrected chi connectivity index (χ4v) is 4.22. The van der Waals surface area contributed by atoms with Crippen molar-refractivity contribution in [2.75, 3.05) is 13.1 Å². The lowest BCUT2D eigenvalue weighted by Gasteiger charge is -2.13. The molecule has 0 aromatic carbocycles. The van der Waals surface area contributed by atoms with Crippen molar-refractivity contribution >= 4 is 28.6 Å². The lowest BCUT2D eigenvalue weighted by atomic mass is 10.2. The van der Waals surface area contributed by atoms with E-state index in [1.54, 1.807) is 22.7 Å². The number of carbonyl (C=O) groups is 1. The average molecular weight is 329 g/mol. The maximum absolute atomic E-state index is 12.4. The average Bonchev–Trinajstić information content (AvgIpc) is 3.35. The van der Waals surface area contributed by atoms with Crippen LogP contribution in [0.3, 0.4) is 0 Å². The van der Waals surface area contributed by atoms with E-state index in [4.69, 9.17) is 0 Å². The van der Waals surface area contributed by atoms with Crippen LogP contribution in [0, 0.1) is 0 Å². The van der Waals surface area contributed by atoms with Crippen LogP contribution in [0.1, 0.15) is 23.3 Å². The number of nitrogens with one attached hydrogen (secondary N) is 1. The van der Waals surface area contributed by atoms with Crippen LogP contribution < -0.4 is 0 Å². The molecule has 0 radical (unpaired) electrons. The molecule has 0 aliphatic carbocycles. The summed E-state index contributed by atoms with van der Waals surface area (Å²) in [6.45, 7) is 1.73. The van der Waals surface area contributed by atoms with Gasteiger partial charge in [0.25, 0.3) is 5.91 Å². The Morgan fingerprint density at radius 1 is 1.23 bits per heavy atom. The van der Waals surface area contributed by atoms with Crippen molar-refractivity contribution in [3.63, 3.8) is 0 Å². The van der Waals surface area contributed by atoms with Gasteiger partial charge in [-0.25, -0.2) is 4.98 Å². The molecule has 1 aliphatic rings. The molecule has 0 spiro atoms. The Bertz CT molecular complexity index is 782. The highest BCUT2D eigenvalue weighted by Crippen LogP contribution is 2.30. The molecule has 3 aromatic heterocycles. The molecule has 22 heavy (non-hydrogen) atoms. The summed E-state index contributed by atoms with van der Waals surface area (Å²) in [4.78, 5) is 22.0. The summed E-state index contributed by atoms with van der Waals surface area (Å²) in [5.74, 6) is 0.0945. The van der Waals surface area contributed by atoms with Crippen LogP contribution >= 0.6 is 22.7 Å². The Kier molecular flexibility index (Phi) is 3.56. The zero-order valence-corrected chi connectivity index (χ0v) is 13.5. The normalized spacial score (nSPS) is 14.6. The summed E-state index contributed by atoms with van der Waals surface area (Å²) in [6.07, 6.45) is 4.08. The first-order valence-corrected chi connectivity index (χ1v) is 9.10. The summed E-state index contributed by atoms with van der Waals surface area (Å²) in [5.41, 5.74) is 3.70. The van der Waals surface area contributed by atoms with E-state index < -0.39 is 0 Å². The van der Waals surface area contributed by atoms with Crippen molar-refractivity contribution in [1.29, 1.82) is 0 Å². The molecule has 4 rings (SSSR count). The van der Waals surface area contributed by atoms with Crippen LogP contribution in [-0.2, 0) is 0 Å². The van der Waals surface area contributed by atoms with Gasteiger partial charge in [-0.3, -0.25) is 4.79 Å². The standard InChI is InChI=1S/C16H15N3OS2/c20-16(19-4-1-2-5-19)13-7-12(8-17-13)14-10-22-15(18-14)11-3-6-21-9-11/h3,6-10,17H,1-2,4-5H2. The van der Waals surface area contributed by atoms with E-state index in [1.807, 2.05) is 22.5 Å². The number of carbonyl (C=O) groups excluding carboxylic acids is 1. The molecule has 6 heteroatoms. The Morgan fingerprint density at radius 2 is 2.09 bits per heavy atom. The predicted molar refractivity (Wildman–Crippen MR) is 90.4 cm³/mol. The number of aromatic nitrogens is 2. The molecule has 0 unspecified atom stereocenters. The number of nitrogens with zero attached hydrogens (tertiary/aromatic N) is 2. The number of hydrogen-bond acceptors (Lipinski definition) is 4. The molecular weight excluding hydrogens is 314 g/mol. The number of hydrogen-bond donors (Lipinski definition) is 1. The van der Waals surface area contributed by atoms with Crippen LogP contribution in [0.15, 0.2) is 34.5 Å². The number of H-pyrrole nitrogens is 1. The van der Waals surface area contributed by atoms with Crippen LogP contribution in [-0.4, -0.2) is 33.9 Å². The summed E-state index contributed by atoms with van der Waals surface area (Å²) < 4.78 is 0. The predicted octanol–water partition coefficient (Wildman–Crippen LogP) is 4.10. The maximum atomic E-state index is 12.4. The fourth-order valence-electron chi connectivity index (χ4n) is 2.68. The van der Waals surface area contributed by atoms with Gasteiger partial charge in [0.15, 0.2) is 0 Å². The topological polar surface area (TPSA) is 49.0 Å². The minimum Gasteiger partial charge on any atom is -0.357 e. The van der Waals surface area contributed by atoms with Crippen LogP contribution in [0.5, 0.6) is 0 Å². The van der Waals surface area contributed by atoms with E-state index in [9.17, 15) is 4.79 Å². The van der Waals surface area contributed by atoms with Crippen LogP contribution in [0.25, 0.3) is 21.8 Å². The van der Waals surface area contributed by atoms with Crippen molar-refractivity contribution in [2.24, 2.45) is 0 Å². The third kappa shape index (κ3) is 2.48. The van der Waals surface area contributed by atoms with Gasteiger partial charge < -0.3 is 9.88 Å². The number of rotatable bonds is 3. The van der Waals surface area contributed by atoms with Crippen molar-refractivity contribution < 1.29 is 4.79 Å². The van der Waals surface area contributed by atoms with Gasteiger partial charge in [-0.1, -0.05) is 0 Å². The number of thiazole rings is 1. The number of likely N-dealkylation sites (tertiary alicyclic amines) is 1. The summed E-state index contributed by atoms with van der Waals surface area (Å²) >= 11 is 3.30. The highest BCUT2D eigenvalue weighted by atomic mass is 32.1. The maximum Gasteiger partial charge on any atom is 0.270 e. The van der Waals surface area contributed by atoms with Gasteiger partial charge in [-0.05, 0) is 30.4 Å². The molecule has 1 aliphatic heterocycles. The molecule has 0 bridgehead atoms. The van der Waals surface area contributed by atoms with E-state index in [0.717, 1.165) is 47.8 Å². The molecule has 3 aromatic rings. The first-order chi connectivity index (χ1) is 10.8. The molecule has 1 fully saturated rings. The third-order valence-corrected chi connectivity index (χ3v) is 5.45. The Balaban J connectivity index is 1.57. The second kappa shape index (κ2) is 5.70. The highest BCUT2D eigenvalue weighted by Gasteiger charge is 2.21. The Morgan fingerprint density at radius 3 is 2.86 bits per heavy atom. The Labute approximate surface area is 136 Å². The zero-order chi connectivity index (χ0) is 14.9. The molecule has 4 heterocycles. The molecule has 112 valence electrons. The van der Waals surface area contributed by atoms with Gasteiger partial charge in [0.2, 0.25) is 0 Å². The van der Waals surface area contributed by atoms with Gasteiger partial charge >= 0.3 is 0 Å². The van der Waals surface area contributed by atoms with Gasteiger partial charge in [0.1, 0.15) is 10.7 Å². The highest BCUT2D eigenvalue weighted by molar-refractivity contribution is 7.14. The molecule has 1 amide bonds. The second-order valence-electron chi connectivity index (χ2n) is 5.35. The summed E-state index contributed by atoms with van der Waals surface area (Å²) in [7, 11) is 0. The number of thiophene rings is 1. The van der Waals surface area contributed by atoms with Crippen LogP contribution in [0.4, 0.5) is 0 Å². The number of aromatic amines is 1. The summed E-state index contributed by atoms with van der Waals surface area (Å²) in [6, 6.07) is 3.99. The first-order valence-electron chi connectivity index (χ1n) is 7.27. The molecule has 4 nitrogen and oxygen atoms in total. The van der Waals surface area contributed by atoms with Gasteiger partial charge in [0, 0.05) is 41.2 Å². The molecule has 0 saturated carbocycles. The smallest absolute Gasteiger partial charge is 0.270 e. The lowest BCUT2D eigenvalue weighted by molar-refractivity contribution is 0.0788. The third-order valence-electron chi connectivity index (χ3n) is 3.87. The molecule has 0 atom stereocenters. The van der Waals surface area contributed by atoms with Crippen molar-refractivity contribution in [1.82, 2.24) is 14.9 Å². The van der Waals surface area contributed by atoms with Gasteiger partial charge in [-0.15, -0.1) is 11.3 Å². The SMILES string of the molecule is O=C(c1cc(-c2csc(-c3ccsc3)n2)c[nH]1)N1CCCC1. The van der Waals surface area contributed by atoms with Crippen LogP contribution in [0.2, 0.25) is 0 Å². The number of amides is 1. The van der Waals surface area contributed by atoms with E-state index in [1.165, 1.54) is 0 Å². The first kappa shape index (κ1) is 13.7. The van der Waals surface area contributed by atoms with Crippen molar-refractivity contribution in [3.05, 3.63) is 40.2 Å². The van der Waals surface area contributed by atoms with Crippen molar-refractivity contribution in [3.8, 4) is 21.8 Å². The second-order valence-corrected chi connectivity index (χ2v) is 6.99. The van der Waals surface area contributed by atoms with Crippen molar-refractivity contribution in [2.45, 2.75) is 12.8 Å². The van der Waals surface area contributed by atoms with E-state index in [2.05, 4.69) is 26.8 Å². The molecular formula is C16H15N3OS2. The minimum absolute atomic E-state index is 0.0945. The fraction of sp³-hybridized carbons (Fsp3) is 0.250. The Hall–Kier alpha value is -1.92. The lowest BCUT2D eigenvalue weighted by Crippen LogP contribution is -2.27. The van der Waals surface area contributed by atoms with Gasteiger partial charge in [0.05, 0.1) is 5.69 Å². The van der Waals surface area contributed by atoms with E-state index in [0.29, 0.717) is 5.69 Å². The quantitative estimate of drug-likeness (QED) is 0.786. The minimum atomic E-state index is 0.0945.